The van der Waals surface area contributed by atoms with Crippen molar-refractivity contribution in [2.75, 3.05) is 13.1 Å². The Morgan fingerprint density at radius 2 is 1.48 bits per heavy atom. The van der Waals surface area contributed by atoms with Crippen LogP contribution in [0.15, 0.2) is 65.6 Å². The largest absolute Gasteiger partial charge is 0.349 e. The van der Waals surface area contributed by atoms with Crippen LogP contribution in [0.25, 0.3) is 0 Å². The predicted molar refractivity (Wildman–Crippen MR) is 115 cm³/mol. The minimum absolute atomic E-state index is 0.00513. The van der Waals surface area contributed by atoms with Crippen molar-refractivity contribution in [1.82, 2.24) is 9.62 Å². The fourth-order valence-corrected chi connectivity index (χ4v) is 5.30. The van der Waals surface area contributed by atoms with E-state index >= 15 is 0 Å². The summed E-state index contributed by atoms with van der Waals surface area (Å²) in [4.78, 5) is 13.3. The van der Waals surface area contributed by atoms with E-state index in [4.69, 9.17) is 0 Å². The standard InChI is InChI=1S/C23H30N2O3S/c1-23(2,3)21(18-10-6-4-7-11-18)24-22(26)19-14-16-25(17-15-19)29(27,28)20-12-8-5-9-13-20/h4-13,19,21H,14-17H2,1-3H3,(H,24,26). The number of carbonyl (C=O) groups excluding carboxylic acids is 1. The second kappa shape index (κ2) is 8.67. The maximum atomic E-state index is 13.0. The summed E-state index contributed by atoms with van der Waals surface area (Å²) in [6.45, 7) is 7.06. The number of sulfonamides is 1. The Hall–Kier alpha value is -2.18. The van der Waals surface area contributed by atoms with Gasteiger partial charge in [-0.15, -0.1) is 0 Å². The van der Waals surface area contributed by atoms with Gasteiger partial charge < -0.3 is 5.32 Å². The third kappa shape index (κ3) is 5.06. The van der Waals surface area contributed by atoms with Crippen LogP contribution in [0.5, 0.6) is 0 Å². The van der Waals surface area contributed by atoms with Crippen LogP contribution in [0.3, 0.4) is 0 Å². The van der Waals surface area contributed by atoms with E-state index in [9.17, 15) is 13.2 Å². The Bertz CT molecular complexity index is 914. The highest BCUT2D eigenvalue weighted by molar-refractivity contribution is 7.89. The van der Waals surface area contributed by atoms with Gasteiger partial charge in [0.25, 0.3) is 0 Å². The number of hydrogen-bond donors (Lipinski definition) is 1. The number of hydrogen-bond acceptors (Lipinski definition) is 3. The molecule has 3 rings (SSSR count). The third-order valence-electron chi connectivity index (χ3n) is 5.49. The number of nitrogens with one attached hydrogen (secondary N) is 1. The molecule has 2 aromatic rings. The molecule has 0 radical (unpaired) electrons. The van der Waals surface area contributed by atoms with Crippen molar-refractivity contribution in [2.24, 2.45) is 11.3 Å². The van der Waals surface area contributed by atoms with Gasteiger partial charge in [0.2, 0.25) is 15.9 Å². The molecule has 1 N–H and O–H groups in total. The topological polar surface area (TPSA) is 66.5 Å². The van der Waals surface area contributed by atoms with E-state index < -0.39 is 10.0 Å². The van der Waals surface area contributed by atoms with E-state index in [1.165, 1.54) is 4.31 Å². The zero-order valence-corrected chi connectivity index (χ0v) is 18.2. The highest BCUT2D eigenvalue weighted by atomic mass is 32.2. The average Bonchev–Trinajstić information content (AvgIpc) is 2.72. The van der Waals surface area contributed by atoms with Gasteiger partial charge in [-0.1, -0.05) is 69.3 Å². The number of benzene rings is 2. The fraction of sp³-hybridized carbons (Fsp3) is 0.435. The normalized spacial score (nSPS) is 17.6. The van der Waals surface area contributed by atoms with Gasteiger partial charge in [-0.3, -0.25) is 4.79 Å². The lowest BCUT2D eigenvalue weighted by Gasteiger charge is -2.35. The van der Waals surface area contributed by atoms with Crippen LogP contribution < -0.4 is 5.32 Å². The summed E-state index contributed by atoms with van der Waals surface area (Å²) < 4.78 is 27.1. The number of rotatable bonds is 5. The average molecular weight is 415 g/mol. The van der Waals surface area contributed by atoms with Crippen molar-refractivity contribution in [1.29, 1.82) is 0 Å². The second-order valence-electron chi connectivity index (χ2n) is 8.71. The maximum absolute atomic E-state index is 13.0. The molecule has 1 amide bonds. The van der Waals surface area contributed by atoms with Crippen LogP contribution in [0, 0.1) is 11.3 Å². The first-order valence-electron chi connectivity index (χ1n) is 10.1. The molecule has 2 aromatic carbocycles. The van der Waals surface area contributed by atoms with E-state index in [1.54, 1.807) is 30.3 Å². The highest BCUT2D eigenvalue weighted by Gasteiger charge is 2.34. The van der Waals surface area contributed by atoms with Crippen molar-refractivity contribution in [2.45, 2.75) is 44.6 Å². The molecule has 0 spiro atoms. The van der Waals surface area contributed by atoms with E-state index in [0.29, 0.717) is 30.8 Å². The summed E-state index contributed by atoms with van der Waals surface area (Å²) in [5.74, 6) is -0.170. The fourth-order valence-electron chi connectivity index (χ4n) is 3.81. The number of nitrogens with zero attached hydrogens (tertiary/aromatic N) is 1. The van der Waals surface area contributed by atoms with Gasteiger partial charge in [0.15, 0.2) is 0 Å². The molecule has 6 heteroatoms. The smallest absolute Gasteiger partial charge is 0.243 e. The minimum Gasteiger partial charge on any atom is -0.349 e. The predicted octanol–water partition coefficient (Wildman–Crippen LogP) is 3.99. The van der Waals surface area contributed by atoms with Crippen LogP contribution in [-0.4, -0.2) is 31.7 Å². The quantitative estimate of drug-likeness (QED) is 0.804. The first-order valence-corrected chi connectivity index (χ1v) is 11.5. The molecule has 1 saturated heterocycles. The van der Waals surface area contributed by atoms with Crippen molar-refractivity contribution >= 4 is 15.9 Å². The lowest BCUT2D eigenvalue weighted by atomic mass is 9.81. The molecule has 0 saturated carbocycles. The summed E-state index contributed by atoms with van der Waals surface area (Å²) in [6, 6.07) is 18.4. The summed E-state index contributed by atoms with van der Waals surface area (Å²) in [5.41, 5.74) is 0.950. The molecular formula is C23H30N2O3S. The van der Waals surface area contributed by atoms with Crippen LogP contribution >= 0.6 is 0 Å². The molecule has 1 unspecified atom stereocenters. The Balaban J connectivity index is 1.65. The van der Waals surface area contributed by atoms with Gasteiger partial charge in [0, 0.05) is 19.0 Å². The van der Waals surface area contributed by atoms with Crippen molar-refractivity contribution in [3.8, 4) is 0 Å². The second-order valence-corrected chi connectivity index (χ2v) is 10.6. The van der Waals surface area contributed by atoms with Crippen molar-refractivity contribution in [3.63, 3.8) is 0 Å². The summed E-state index contributed by atoms with van der Waals surface area (Å²) in [5, 5.41) is 3.22. The zero-order valence-electron chi connectivity index (χ0n) is 17.3. The lowest BCUT2D eigenvalue weighted by molar-refractivity contribution is -0.127. The Kier molecular flexibility index (Phi) is 6.44. The lowest BCUT2D eigenvalue weighted by Crippen LogP contribution is -2.45. The highest BCUT2D eigenvalue weighted by Crippen LogP contribution is 2.33. The summed E-state index contributed by atoms with van der Waals surface area (Å²) in [7, 11) is -3.50. The Morgan fingerprint density at radius 1 is 0.966 bits per heavy atom. The van der Waals surface area contributed by atoms with Crippen LogP contribution in [-0.2, 0) is 14.8 Å². The number of carbonyl (C=O) groups is 1. The molecule has 1 atom stereocenters. The first-order chi connectivity index (χ1) is 13.7. The summed E-state index contributed by atoms with van der Waals surface area (Å²) in [6.07, 6.45) is 1.06. The molecule has 0 bridgehead atoms. The van der Waals surface area contributed by atoms with Crippen LogP contribution in [0.1, 0.15) is 45.2 Å². The number of piperidine rings is 1. The van der Waals surface area contributed by atoms with Crippen LogP contribution in [0.2, 0.25) is 0 Å². The van der Waals surface area contributed by atoms with E-state index in [1.807, 2.05) is 30.3 Å². The summed E-state index contributed by atoms with van der Waals surface area (Å²) >= 11 is 0. The Labute approximate surface area is 174 Å². The molecule has 1 heterocycles. The molecule has 1 aliphatic rings. The van der Waals surface area contributed by atoms with E-state index in [-0.39, 0.29) is 23.3 Å². The monoisotopic (exact) mass is 414 g/mol. The number of amides is 1. The minimum atomic E-state index is -3.50. The van der Waals surface area contributed by atoms with Gasteiger partial charge in [0.1, 0.15) is 0 Å². The third-order valence-corrected chi connectivity index (χ3v) is 7.40. The molecular weight excluding hydrogens is 384 g/mol. The molecule has 29 heavy (non-hydrogen) atoms. The first kappa shape index (κ1) is 21.5. The van der Waals surface area contributed by atoms with E-state index in [2.05, 4.69) is 26.1 Å². The molecule has 5 nitrogen and oxygen atoms in total. The van der Waals surface area contributed by atoms with Gasteiger partial charge >= 0.3 is 0 Å². The van der Waals surface area contributed by atoms with Gasteiger partial charge in [-0.25, -0.2) is 8.42 Å². The van der Waals surface area contributed by atoms with Crippen molar-refractivity contribution < 1.29 is 13.2 Å². The maximum Gasteiger partial charge on any atom is 0.243 e. The molecule has 156 valence electrons. The molecule has 0 aromatic heterocycles. The van der Waals surface area contributed by atoms with Gasteiger partial charge in [-0.2, -0.15) is 4.31 Å². The van der Waals surface area contributed by atoms with E-state index in [0.717, 1.165) is 5.56 Å². The SMILES string of the molecule is CC(C)(C)C(NC(=O)C1CCN(S(=O)(=O)c2ccccc2)CC1)c1ccccc1. The molecule has 1 fully saturated rings. The van der Waals surface area contributed by atoms with Gasteiger partial charge in [-0.05, 0) is 36.0 Å². The van der Waals surface area contributed by atoms with Gasteiger partial charge in [0.05, 0.1) is 10.9 Å². The zero-order chi connectivity index (χ0) is 21.1. The molecule has 1 aliphatic heterocycles. The van der Waals surface area contributed by atoms with Crippen LogP contribution in [0.4, 0.5) is 0 Å². The molecule has 0 aliphatic carbocycles. The van der Waals surface area contributed by atoms with Crippen molar-refractivity contribution in [3.05, 3.63) is 66.2 Å². The Morgan fingerprint density at radius 3 is 2.00 bits per heavy atom.